The van der Waals surface area contributed by atoms with Gasteiger partial charge in [0.25, 0.3) is 5.91 Å². The van der Waals surface area contributed by atoms with Crippen LogP contribution in [0, 0.1) is 0 Å². The summed E-state index contributed by atoms with van der Waals surface area (Å²) in [4.78, 5) is 20.8. The molecule has 28 heavy (non-hydrogen) atoms. The van der Waals surface area contributed by atoms with Gasteiger partial charge in [-0.2, -0.15) is 5.10 Å². The first-order valence-corrected chi connectivity index (χ1v) is 10.4. The van der Waals surface area contributed by atoms with Crippen molar-refractivity contribution in [1.29, 1.82) is 0 Å². The lowest BCUT2D eigenvalue weighted by molar-refractivity contribution is 0.0951. The SMILES string of the molecule is CS(=O)(=O)N1CC(c2ncn[nH]2)c2cc(C(=O)NCc3cccnc3)ccc21. The maximum absolute atomic E-state index is 12.6. The van der Waals surface area contributed by atoms with Crippen molar-refractivity contribution in [2.45, 2.75) is 12.5 Å². The Morgan fingerprint density at radius 3 is 2.89 bits per heavy atom. The normalized spacial score (nSPS) is 16.0. The third-order valence-corrected chi connectivity index (χ3v) is 5.77. The van der Waals surface area contributed by atoms with Crippen molar-refractivity contribution < 1.29 is 13.2 Å². The molecule has 1 aromatic carbocycles. The molecule has 2 N–H and O–H groups in total. The fourth-order valence-corrected chi connectivity index (χ4v) is 4.23. The molecule has 9 nitrogen and oxygen atoms in total. The number of anilines is 1. The first-order valence-electron chi connectivity index (χ1n) is 8.57. The third kappa shape index (κ3) is 3.46. The number of aromatic amines is 1. The minimum Gasteiger partial charge on any atom is -0.348 e. The fourth-order valence-electron chi connectivity index (χ4n) is 3.28. The Hall–Kier alpha value is -3.27. The topological polar surface area (TPSA) is 121 Å². The second-order valence-corrected chi connectivity index (χ2v) is 8.44. The highest BCUT2D eigenvalue weighted by molar-refractivity contribution is 7.92. The number of carbonyl (C=O) groups is 1. The number of amides is 1. The van der Waals surface area contributed by atoms with Crippen LogP contribution in [-0.4, -0.2) is 47.3 Å². The molecular weight excluding hydrogens is 380 g/mol. The summed E-state index contributed by atoms with van der Waals surface area (Å²) in [6.07, 6.45) is 5.90. The van der Waals surface area contributed by atoms with Gasteiger partial charge in [-0.05, 0) is 35.4 Å². The summed E-state index contributed by atoms with van der Waals surface area (Å²) in [7, 11) is -3.46. The highest BCUT2D eigenvalue weighted by Gasteiger charge is 2.36. The van der Waals surface area contributed by atoms with E-state index >= 15 is 0 Å². The van der Waals surface area contributed by atoms with Gasteiger partial charge in [0.1, 0.15) is 12.2 Å². The van der Waals surface area contributed by atoms with Crippen molar-refractivity contribution in [3.8, 4) is 0 Å². The number of nitrogens with zero attached hydrogens (tertiary/aromatic N) is 4. The first kappa shape index (κ1) is 18.1. The number of hydrogen-bond donors (Lipinski definition) is 2. The molecule has 0 saturated heterocycles. The molecule has 10 heteroatoms. The van der Waals surface area contributed by atoms with Gasteiger partial charge in [-0.3, -0.25) is 19.2 Å². The minimum atomic E-state index is -3.46. The Morgan fingerprint density at radius 1 is 1.36 bits per heavy atom. The number of nitrogens with one attached hydrogen (secondary N) is 2. The van der Waals surface area contributed by atoms with Crippen molar-refractivity contribution in [2.75, 3.05) is 17.1 Å². The van der Waals surface area contributed by atoms with Gasteiger partial charge in [-0.25, -0.2) is 13.4 Å². The van der Waals surface area contributed by atoms with E-state index in [9.17, 15) is 13.2 Å². The number of carbonyl (C=O) groups excluding carboxylic acids is 1. The molecule has 0 bridgehead atoms. The van der Waals surface area contributed by atoms with Crippen LogP contribution in [0.4, 0.5) is 5.69 Å². The maximum Gasteiger partial charge on any atom is 0.251 e. The number of pyridine rings is 1. The van der Waals surface area contributed by atoms with Crippen LogP contribution in [-0.2, 0) is 16.6 Å². The lowest BCUT2D eigenvalue weighted by atomic mass is 9.98. The average molecular weight is 398 g/mol. The molecule has 0 spiro atoms. The van der Waals surface area contributed by atoms with Crippen molar-refractivity contribution >= 4 is 21.6 Å². The standard InChI is InChI=1S/C18H18N6O3S/c1-28(26,27)24-10-15(17-21-11-22-23-17)14-7-13(4-5-16(14)24)18(25)20-9-12-3-2-6-19-8-12/h2-8,11,15H,9-10H2,1H3,(H,20,25)(H,21,22,23). The molecule has 3 heterocycles. The third-order valence-electron chi connectivity index (χ3n) is 4.62. The lowest BCUT2D eigenvalue weighted by Gasteiger charge is -2.16. The summed E-state index contributed by atoms with van der Waals surface area (Å²) in [6, 6.07) is 8.68. The van der Waals surface area contributed by atoms with Crippen LogP contribution in [0.15, 0.2) is 49.1 Å². The Kier molecular flexibility index (Phi) is 4.55. The van der Waals surface area contributed by atoms with Crippen LogP contribution in [0.5, 0.6) is 0 Å². The van der Waals surface area contributed by atoms with Crippen molar-refractivity contribution in [1.82, 2.24) is 25.5 Å². The number of hydrogen-bond acceptors (Lipinski definition) is 6. The van der Waals surface area contributed by atoms with E-state index in [4.69, 9.17) is 0 Å². The van der Waals surface area contributed by atoms with Gasteiger partial charge < -0.3 is 5.32 Å². The van der Waals surface area contributed by atoms with Gasteiger partial charge in [-0.1, -0.05) is 6.07 Å². The first-order chi connectivity index (χ1) is 13.4. The van der Waals surface area contributed by atoms with Crippen LogP contribution in [0.3, 0.4) is 0 Å². The Bertz CT molecular complexity index is 1100. The lowest BCUT2D eigenvalue weighted by Crippen LogP contribution is -2.29. The van der Waals surface area contributed by atoms with Crippen LogP contribution < -0.4 is 9.62 Å². The van der Waals surface area contributed by atoms with Crippen molar-refractivity contribution in [3.63, 3.8) is 0 Å². The monoisotopic (exact) mass is 398 g/mol. The molecule has 1 amide bonds. The molecular formula is C18H18N6O3S. The molecule has 3 aromatic rings. The minimum absolute atomic E-state index is 0.212. The van der Waals surface area contributed by atoms with Gasteiger partial charge in [0, 0.05) is 31.0 Å². The van der Waals surface area contributed by atoms with Crippen LogP contribution in [0.2, 0.25) is 0 Å². The quantitative estimate of drug-likeness (QED) is 0.662. The highest BCUT2D eigenvalue weighted by Crippen LogP contribution is 2.40. The molecule has 1 unspecified atom stereocenters. The molecule has 0 saturated carbocycles. The molecule has 0 aliphatic carbocycles. The van der Waals surface area contributed by atoms with E-state index in [1.165, 1.54) is 10.6 Å². The van der Waals surface area contributed by atoms with Crippen LogP contribution in [0.25, 0.3) is 0 Å². The van der Waals surface area contributed by atoms with E-state index in [0.717, 1.165) is 17.4 Å². The summed E-state index contributed by atoms with van der Waals surface area (Å²) in [5.74, 6) is -0.0144. The average Bonchev–Trinajstić information content (AvgIpc) is 3.33. The Morgan fingerprint density at radius 2 is 2.21 bits per heavy atom. The second-order valence-electron chi connectivity index (χ2n) is 6.53. The van der Waals surface area contributed by atoms with E-state index in [-0.39, 0.29) is 18.4 Å². The molecule has 2 aromatic heterocycles. The molecule has 144 valence electrons. The number of benzene rings is 1. The predicted molar refractivity (Wildman–Crippen MR) is 102 cm³/mol. The van der Waals surface area contributed by atoms with Gasteiger partial charge in [0.2, 0.25) is 10.0 Å². The number of H-pyrrole nitrogens is 1. The van der Waals surface area contributed by atoms with E-state index in [1.54, 1.807) is 36.7 Å². The Labute approximate surface area is 161 Å². The summed E-state index contributed by atoms with van der Waals surface area (Å²) in [5, 5.41) is 9.51. The van der Waals surface area contributed by atoms with Crippen LogP contribution in [0.1, 0.15) is 33.2 Å². The molecule has 1 aliphatic rings. The number of aromatic nitrogens is 4. The van der Waals surface area contributed by atoms with E-state index < -0.39 is 10.0 Å². The molecule has 0 fully saturated rings. The molecule has 1 aliphatic heterocycles. The summed E-state index contributed by atoms with van der Waals surface area (Å²) in [5.41, 5.74) is 2.60. The van der Waals surface area contributed by atoms with E-state index in [0.29, 0.717) is 23.6 Å². The zero-order valence-corrected chi connectivity index (χ0v) is 15.8. The number of sulfonamides is 1. The van der Waals surface area contributed by atoms with Gasteiger partial charge >= 0.3 is 0 Å². The highest BCUT2D eigenvalue weighted by atomic mass is 32.2. The summed E-state index contributed by atoms with van der Waals surface area (Å²) >= 11 is 0. The zero-order valence-electron chi connectivity index (χ0n) is 15.0. The van der Waals surface area contributed by atoms with Gasteiger partial charge in [0.05, 0.1) is 17.9 Å². The van der Waals surface area contributed by atoms with Crippen molar-refractivity contribution in [2.24, 2.45) is 0 Å². The molecule has 4 rings (SSSR count). The van der Waals surface area contributed by atoms with E-state index in [1.807, 2.05) is 6.07 Å². The Balaban J connectivity index is 1.63. The second kappa shape index (κ2) is 7.04. The molecule has 1 atom stereocenters. The predicted octanol–water partition coefficient (Wildman–Crippen LogP) is 1.04. The summed E-state index contributed by atoms with van der Waals surface area (Å²) < 4.78 is 25.7. The smallest absolute Gasteiger partial charge is 0.251 e. The van der Waals surface area contributed by atoms with Crippen LogP contribution >= 0.6 is 0 Å². The number of fused-ring (bicyclic) bond motifs is 1. The maximum atomic E-state index is 12.6. The fraction of sp³-hybridized carbons (Fsp3) is 0.222. The zero-order chi connectivity index (χ0) is 19.7. The number of rotatable bonds is 5. The van der Waals surface area contributed by atoms with Gasteiger partial charge in [0.15, 0.2) is 0 Å². The largest absolute Gasteiger partial charge is 0.348 e. The van der Waals surface area contributed by atoms with Gasteiger partial charge in [-0.15, -0.1) is 0 Å². The summed E-state index contributed by atoms with van der Waals surface area (Å²) in [6.45, 7) is 0.564. The van der Waals surface area contributed by atoms with Crippen molar-refractivity contribution in [3.05, 3.63) is 71.6 Å². The van der Waals surface area contributed by atoms with E-state index in [2.05, 4.69) is 25.5 Å². The molecule has 0 radical (unpaired) electrons.